The minimum atomic E-state index is -0.0357. The molecule has 9 heteroatoms. The minimum Gasteiger partial charge on any atom is -0.497 e. The van der Waals surface area contributed by atoms with Crippen LogP contribution in [0.25, 0.3) is 22.2 Å². The van der Waals surface area contributed by atoms with E-state index in [0.29, 0.717) is 17.8 Å². The third-order valence-corrected chi connectivity index (χ3v) is 7.66. The number of thiophene rings is 1. The lowest BCUT2D eigenvalue weighted by atomic mass is 9.95. The molecule has 0 amide bonds. The van der Waals surface area contributed by atoms with Crippen LogP contribution in [0, 0.1) is 0 Å². The number of thioether (sulfide) groups is 1. The second-order valence-corrected chi connectivity index (χ2v) is 10.1. The number of nitrogens with zero attached hydrogens (tertiary/aromatic N) is 5. The second kappa shape index (κ2) is 9.46. The standard InChI is InChI=1S/C23H25N5O2S2/c1-15(21-25-26-22(30-21)19-9-6-14-31-19)32-23-27-24-20(16-10-12-18(29-2)13-11-16)28(23)17-7-4-3-5-8-17/h6,9-15,17H,3-5,7-8H2,1-2H3. The molecule has 1 atom stereocenters. The molecule has 1 aliphatic rings. The first-order chi connectivity index (χ1) is 15.7. The Kier molecular flexibility index (Phi) is 6.27. The first kappa shape index (κ1) is 21.2. The van der Waals surface area contributed by atoms with E-state index in [9.17, 15) is 0 Å². The van der Waals surface area contributed by atoms with Gasteiger partial charge in [0.2, 0.25) is 5.89 Å². The number of hydrogen-bond acceptors (Lipinski definition) is 8. The Morgan fingerprint density at radius 2 is 1.88 bits per heavy atom. The van der Waals surface area contributed by atoms with Gasteiger partial charge in [0, 0.05) is 11.6 Å². The zero-order valence-electron chi connectivity index (χ0n) is 18.1. The molecule has 32 heavy (non-hydrogen) atoms. The molecule has 0 spiro atoms. The van der Waals surface area contributed by atoms with Crippen LogP contribution in [-0.2, 0) is 0 Å². The Bertz CT molecular complexity index is 1150. The van der Waals surface area contributed by atoms with Crippen molar-refractivity contribution in [3.05, 3.63) is 47.7 Å². The Balaban J connectivity index is 1.44. The molecule has 1 unspecified atom stereocenters. The molecule has 1 saturated carbocycles. The van der Waals surface area contributed by atoms with Crippen LogP contribution < -0.4 is 4.74 Å². The molecular formula is C23H25N5O2S2. The van der Waals surface area contributed by atoms with Crippen molar-refractivity contribution in [2.75, 3.05) is 7.11 Å². The van der Waals surface area contributed by atoms with E-state index in [1.807, 2.05) is 41.8 Å². The molecule has 0 aliphatic heterocycles. The summed E-state index contributed by atoms with van der Waals surface area (Å²) in [4.78, 5) is 0.980. The summed E-state index contributed by atoms with van der Waals surface area (Å²) >= 11 is 3.21. The van der Waals surface area contributed by atoms with E-state index in [2.05, 4.69) is 31.9 Å². The molecule has 0 bridgehead atoms. The molecule has 7 nitrogen and oxygen atoms in total. The van der Waals surface area contributed by atoms with Crippen LogP contribution in [0.2, 0.25) is 0 Å². The van der Waals surface area contributed by atoms with Crippen molar-refractivity contribution in [3.63, 3.8) is 0 Å². The third-order valence-electron chi connectivity index (χ3n) is 5.76. The summed E-state index contributed by atoms with van der Waals surface area (Å²) in [6.45, 7) is 2.07. The van der Waals surface area contributed by atoms with Gasteiger partial charge in [0.1, 0.15) is 5.75 Å². The Morgan fingerprint density at radius 1 is 1.06 bits per heavy atom. The molecule has 3 heterocycles. The van der Waals surface area contributed by atoms with Crippen molar-refractivity contribution < 1.29 is 9.15 Å². The maximum absolute atomic E-state index is 5.96. The minimum absolute atomic E-state index is 0.0357. The van der Waals surface area contributed by atoms with Gasteiger partial charge >= 0.3 is 0 Å². The highest BCUT2D eigenvalue weighted by molar-refractivity contribution is 7.99. The summed E-state index contributed by atoms with van der Waals surface area (Å²) in [5.41, 5.74) is 1.04. The predicted octanol–water partition coefficient (Wildman–Crippen LogP) is 6.42. The zero-order valence-corrected chi connectivity index (χ0v) is 19.7. The topological polar surface area (TPSA) is 78.9 Å². The first-order valence-electron chi connectivity index (χ1n) is 10.9. The van der Waals surface area contributed by atoms with Crippen LogP contribution in [-0.4, -0.2) is 32.1 Å². The highest BCUT2D eigenvalue weighted by atomic mass is 32.2. The maximum atomic E-state index is 5.96. The van der Waals surface area contributed by atoms with Crippen LogP contribution in [0.3, 0.4) is 0 Å². The zero-order chi connectivity index (χ0) is 21.9. The van der Waals surface area contributed by atoms with Gasteiger partial charge < -0.3 is 9.15 Å². The smallest absolute Gasteiger partial charge is 0.257 e. The van der Waals surface area contributed by atoms with Crippen molar-refractivity contribution in [3.8, 4) is 27.9 Å². The lowest BCUT2D eigenvalue weighted by molar-refractivity contribution is 0.339. The fraction of sp³-hybridized carbons (Fsp3) is 0.391. The summed E-state index contributed by atoms with van der Waals surface area (Å²) in [5, 5.41) is 20.6. The lowest BCUT2D eigenvalue weighted by Crippen LogP contribution is -2.15. The third kappa shape index (κ3) is 4.31. The van der Waals surface area contributed by atoms with Crippen LogP contribution >= 0.6 is 23.1 Å². The highest BCUT2D eigenvalue weighted by Gasteiger charge is 2.26. The van der Waals surface area contributed by atoms with Gasteiger partial charge in [-0.15, -0.1) is 31.7 Å². The number of aromatic nitrogens is 5. The van der Waals surface area contributed by atoms with Crippen LogP contribution in [0.1, 0.15) is 56.2 Å². The Morgan fingerprint density at radius 3 is 2.59 bits per heavy atom. The van der Waals surface area contributed by atoms with Gasteiger partial charge in [0.05, 0.1) is 17.2 Å². The molecule has 5 rings (SSSR count). The van der Waals surface area contributed by atoms with Crippen LogP contribution in [0.15, 0.2) is 51.4 Å². The number of hydrogen-bond donors (Lipinski definition) is 0. The number of methoxy groups -OCH3 is 1. The average Bonchev–Trinajstić information content (AvgIpc) is 3.60. The van der Waals surface area contributed by atoms with E-state index in [-0.39, 0.29) is 5.25 Å². The molecule has 3 aromatic heterocycles. The van der Waals surface area contributed by atoms with Crippen LogP contribution in [0.5, 0.6) is 5.75 Å². The largest absolute Gasteiger partial charge is 0.497 e. The monoisotopic (exact) mass is 467 g/mol. The van der Waals surface area contributed by atoms with Gasteiger partial charge in [0.25, 0.3) is 5.89 Å². The van der Waals surface area contributed by atoms with Gasteiger partial charge in [-0.2, -0.15) is 0 Å². The van der Waals surface area contributed by atoms with Gasteiger partial charge in [-0.3, -0.25) is 4.57 Å². The number of benzene rings is 1. The normalized spacial score (nSPS) is 15.7. The van der Waals surface area contributed by atoms with Crippen molar-refractivity contribution in [1.29, 1.82) is 0 Å². The number of rotatable bonds is 7. The molecule has 0 radical (unpaired) electrons. The summed E-state index contributed by atoms with van der Waals surface area (Å²) < 4.78 is 13.6. The number of ether oxygens (including phenoxy) is 1. The van der Waals surface area contributed by atoms with Gasteiger partial charge in [-0.05, 0) is 55.5 Å². The Labute approximate surface area is 195 Å². The van der Waals surface area contributed by atoms with Gasteiger partial charge in [0.15, 0.2) is 11.0 Å². The first-order valence-corrected chi connectivity index (χ1v) is 12.6. The predicted molar refractivity (Wildman–Crippen MR) is 126 cm³/mol. The van der Waals surface area contributed by atoms with Crippen molar-refractivity contribution in [2.45, 2.75) is 55.5 Å². The molecule has 0 saturated heterocycles. The van der Waals surface area contributed by atoms with Crippen LogP contribution in [0.4, 0.5) is 0 Å². The van der Waals surface area contributed by atoms with Crippen molar-refractivity contribution in [1.82, 2.24) is 25.0 Å². The van der Waals surface area contributed by atoms with E-state index >= 15 is 0 Å². The van der Waals surface area contributed by atoms with E-state index in [1.165, 1.54) is 19.3 Å². The fourth-order valence-corrected chi connectivity index (χ4v) is 5.66. The van der Waals surface area contributed by atoms with E-state index in [4.69, 9.17) is 9.15 Å². The molecule has 166 valence electrons. The van der Waals surface area contributed by atoms with E-state index < -0.39 is 0 Å². The summed E-state index contributed by atoms with van der Waals surface area (Å²) in [7, 11) is 1.68. The summed E-state index contributed by atoms with van der Waals surface area (Å²) in [6.07, 6.45) is 6.05. The maximum Gasteiger partial charge on any atom is 0.257 e. The fourth-order valence-electron chi connectivity index (χ4n) is 4.07. The van der Waals surface area contributed by atoms with Crippen molar-refractivity contribution in [2.24, 2.45) is 0 Å². The highest BCUT2D eigenvalue weighted by Crippen LogP contribution is 2.40. The second-order valence-electron chi connectivity index (χ2n) is 7.88. The average molecular weight is 468 g/mol. The summed E-state index contributed by atoms with van der Waals surface area (Å²) in [6, 6.07) is 12.4. The molecule has 4 aromatic rings. The molecule has 1 aliphatic carbocycles. The molecule has 1 fully saturated rings. The SMILES string of the molecule is COc1ccc(-c2nnc(SC(C)c3nnc(-c4cccs4)o3)n2C2CCCCC2)cc1. The summed E-state index contributed by atoms with van der Waals surface area (Å²) in [5.74, 6) is 2.90. The molecule has 0 N–H and O–H groups in total. The van der Waals surface area contributed by atoms with E-state index in [1.54, 1.807) is 30.2 Å². The lowest BCUT2D eigenvalue weighted by Gasteiger charge is -2.26. The molecule has 1 aromatic carbocycles. The van der Waals surface area contributed by atoms with E-state index in [0.717, 1.165) is 40.0 Å². The Hall–Kier alpha value is -2.65. The molecular weight excluding hydrogens is 442 g/mol. The van der Waals surface area contributed by atoms with Crippen molar-refractivity contribution >= 4 is 23.1 Å². The quantitative estimate of drug-likeness (QED) is 0.290. The van der Waals surface area contributed by atoms with Gasteiger partial charge in [-0.1, -0.05) is 37.1 Å². The van der Waals surface area contributed by atoms with Gasteiger partial charge in [-0.25, -0.2) is 0 Å².